The fourth-order valence-corrected chi connectivity index (χ4v) is 2.75. The topological polar surface area (TPSA) is 51.4 Å². The van der Waals surface area contributed by atoms with Crippen molar-refractivity contribution in [1.29, 1.82) is 0 Å². The summed E-state index contributed by atoms with van der Waals surface area (Å²) >= 11 is 0. The van der Waals surface area contributed by atoms with Crippen molar-refractivity contribution in [2.75, 3.05) is 24.6 Å². The third-order valence-corrected chi connectivity index (χ3v) is 3.68. The van der Waals surface area contributed by atoms with E-state index in [1.807, 2.05) is 24.3 Å². The second-order valence-electron chi connectivity index (χ2n) is 5.10. The minimum absolute atomic E-state index is 0.207. The molecule has 0 spiro atoms. The Morgan fingerprint density at radius 2 is 2.15 bits per heavy atom. The molecule has 1 aliphatic heterocycles. The first-order chi connectivity index (χ1) is 9.83. The lowest BCUT2D eigenvalue weighted by Crippen LogP contribution is -2.41. The predicted molar refractivity (Wildman–Crippen MR) is 76.9 cm³/mol. The van der Waals surface area contributed by atoms with E-state index in [4.69, 9.17) is 9.15 Å². The Balaban J connectivity index is 1.91. The van der Waals surface area contributed by atoms with Gasteiger partial charge in [-0.25, -0.2) is 9.97 Å². The van der Waals surface area contributed by atoms with Crippen LogP contribution in [0.3, 0.4) is 0 Å². The minimum Gasteiger partial charge on any atom is -0.450 e. The number of benzene rings is 1. The van der Waals surface area contributed by atoms with Crippen molar-refractivity contribution in [3.8, 4) is 0 Å². The van der Waals surface area contributed by atoms with Crippen molar-refractivity contribution >= 4 is 27.9 Å². The van der Waals surface area contributed by atoms with Gasteiger partial charge in [0.25, 0.3) is 0 Å². The largest absolute Gasteiger partial charge is 0.450 e. The van der Waals surface area contributed by atoms with E-state index >= 15 is 0 Å². The molecule has 102 valence electrons. The van der Waals surface area contributed by atoms with Gasteiger partial charge < -0.3 is 14.1 Å². The predicted octanol–water partition coefficient (Wildman–Crippen LogP) is 2.60. The zero-order valence-corrected chi connectivity index (χ0v) is 11.2. The molecule has 0 aliphatic carbocycles. The van der Waals surface area contributed by atoms with Crippen LogP contribution in [0.1, 0.15) is 6.92 Å². The van der Waals surface area contributed by atoms with Gasteiger partial charge in [-0.1, -0.05) is 12.1 Å². The number of aromatic nitrogens is 2. The zero-order chi connectivity index (χ0) is 13.5. The van der Waals surface area contributed by atoms with Crippen LogP contribution in [0.2, 0.25) is 0 Å². The first kappa shape index (κ1) is 11.7. The van der Waals surface area contributed by atoms with Gasteiger partial charge in [0.05, 0.1) is 12.7 Å². The Morgan fingerprint density at radius 1 is 1.25 bits per heavy atom. The van der Waals surface area contributed by atoms with Gasteiger partial charge in [0.15, 0.2) is 11.4 Å². The molecule has 0 radical (unpaired) electrons. The molecule has 3 heterocycles. The highest BCUT2D eigenvalue weighted by Crippen LogP contribution is 2.32. The van der Waals surface area contributed by atoms with Crippen molar-refractivity contribution in [2.24, 2.45) is 0 Å². The maximum Gasteiger partial charge on any atom is 0.196 e. The summed E-state index contributed by atoms with van der Waals surface area (Å²) in [6.45, 7) is 4.44. The van der Waals surface area contributed by atoms with E-state index in [1.54, 1.807) is 6.33 Å². The van der Waals surface area contributed by atoms with E-state index in [0.29, 0.717) is 6.61 Å². The van der Waals surface area contributed by atoms with Gasteiger partial charge >= 0.3 is 0 Å². The normalized spacial score (nSPS) is 19.9. The van der Waals surface area contributed by atoms with Crippen LogP contribution in [0.25, 0.3) is 22.1 Å². The molecule has 0 saturated carbocycles. The molecule has 0 bridgehead atoms. The number of hydrogen-bond acceptors (Lipinski definition) is 5. The van der Waals surface area contributed by atoms with Crippen LogP contribution in [-0.2, 0) is 4.74 Å². The molecule has 0 N–H and O–H groups in total. The third-order valence-electron chi connectivity index (χ3n) is 3.68. The molecule has 2 aromatic heterocycles. The minimum atomic E-state index is 0.207. The average molecular weight is 269 g/mol. The van der Waals surface area contributed by atoms with Gasteiger partial charge in [-0.15, -0.1) is 0 Å². The molecule has 4 rings (SSSR count). The van der Waals surface area contributed by atoms with Gasteiger partial charge in [-0.3, -0.25) is 0 Å². The summed E-state index contributed by atoms with van der Waals surface area (Å²) in [5.41, 5.74) is 2.50. The lowest BCUT2D eigenvalue weighted by Gasteiger charge is -2.31. The van der Waals surface area contributed by atoms with Crippen LogP contribution in [-0.4, -0.2) is 35.8 Å². The van der Waals surface area contributed by atoms with Gasteiger partial charge in [0.1, 0.15) is 17.4 Å². The molecule has 1 saturated heterocycles. The molecular formula is C15H15N3O2. The van der Waals surface area contributed by atoms with Crippen molar-refractivity contribution in [2.45, 2.75) is 13.0 Å². The summed E-state index contributed by atoms with van der Waals surface area (Å²) in [5, 5.41) is 1.03. The van der Waals surface area contributed by atoms with Crippen LogP contribution in [0, 0.1) is 0 Å². The van der Waals surface area contributed by atoms with Gasteiger partial charge in [-0.05, 0) is 19.1 Å². The lowest BCUT2D eigenvalue weighted by molar-refractivity contribution is 0.0530. The monoisotopic (exact) mass is 269 g/mol. The Morgan fingerprint density at radius 3 is 3.05 bits per heavy atom. The lowest BCUT2D eigenvalue weighted by atomic mass is 10.2. The maximum absolute atomic E-state index is 5.96. The first-order valence-electron chi connectivity index (χ1n) is 6.82. The number of para-hydroxylation sites is 1. The summed E-state index contributed by atoms with van der Waals surface area (Å²) in [6.07, 6.45) is 1.82. The number of fused-ring (bicyclic) bond motifs is 3. The van der Waals surface area contributed by atoms with E-state index in [2.05, 4.69) is 21.8 Å². The molecule has 1 atom stereocenters. The molecule has 5 nitrogen and oxygen atoms in total. The van der Waals surface area contributed by atoms with E-state index in [9.17, 15) is 0 Å². The number of anilines is 1. The van der Waals surface area contributed by atoms with Crippen LogP contribution < -0.4 is 4.90 Å². The Bertz CT molecular complexity index is 768. The van der Waals surface area contributed by atoms with Gasteiger partial charge in [0.2, 0.25) is 0 Å². The highest BCUT2D eigenvalue weighted by molar-refractivity contribution is 6.05. The first-order valence-corrected chi connectivity index (χ1v) is 6.82. The van der Waals surface area contributed by atoms with Crippen LogP contribution in [0.4, 0.5) is 5.82 Å². The highest BCUT2D eigenvalue weighted by atomic mass is 16.5. The number of hydrogen-bond donors (Lipinski definition) is 0. The van der Waals surface area contributed by atoms with E-state index < -0.39 is 0 Å². The Kier molecular flexibility index (Phi) is 2.60. The number of furan rings is 1. The number of ether oxygens (including phenoxy) is 1. The summed E-state index contributed by atoms with van der Waals surface area (Å²) in [6, 6.07) is 7.95. The summed E-state index contributed by atoms with van der Waals surface area (Å²) in [4.78, 5) is 11.0. The fraction of sp³-hybridized carbons (Fsp3) is 0.333. The smallest absolute Gasteiger partial charge is 0.196 e. The summed E-state index contributed by atoms with van der Waals surface area (Å²) < 4.78 is 11.5. The maximum atomic E-state index is 5.96. The molecule has 1 unspecified atom stereocenters. The van der Waals surface area contributed by atoms with E-state index in [-0.39, 0.29) is 6.10 Å². The Hall–Kier alpha value is -2.14. The molecule has 20 heavy (non-hydrogen) atoms. The Labute approximate surface area is 116 Å². The van der Waals surface area contributed by atoms with Crippen molar-refractivity contribution < 1.29 is 9.15 Å². The van der Waals surface area contributed by atoms with E-state index in [0.717, 1.165) is 41.0 Å². The van der Waals surface area contributed by atoms with Crippen molar-refractivity contribution in [3.63, 3.8) is 0 Å². The zero-order valence-electron chi connectivity index (χ0n) is 11.2. The quantitative estimate of drug-likeness (QED) is 0.679. The van der Waals surface area contributed by atoms with Crippen LogP contribution >= 0.6 is 0 Å². The number of rotatable bonds is 1. The van der Waals surface area contributed by atoms with E-state index in [1.165, 1.54) is 0 Å². The summed E-state index contributed by atoms with van der Waals surface area (Å²) in [7, 11) is 0. The third kappa shape index (κ3) is 1.74. The molecular weight excluding hydrogens is 254 g/mol. The van der Waals surface area contributed by atoms with Crippen LogP contribution in [0.5, 0.6) is 0 Å². The van der Waals surface area contributed by atoms with Gasteiger partial charge in [0, 0.05) is 18.5 Å². The van der Waals surface area contributed by atoms with Crippen molar-refractivity contribution in [3.05, 3.63) is 30.6 Å². The fourth-order valence-electron chi connectivity index (χ4n) is 2.75. The average Bonchev–Trinajstić information content (AvgIpc) is 2.86. The molecule has 5 heteroatoms. The molecule has 3 aromatic rings. The SMILES string of the molecule is CC1CN(c2ncnc3c2oc2ccccc23)CCO1. The molecule has 1 aromatic carbocycles. The number of nitrogens with zero attached hydrogens (tertiary/aromatic N) is 3. The highest BCUT2D eigenvalue weighted by Gasteiger charge is 2.22. The molecule has 0 amide bonds. The summed E-state index contributed by atoms with van der Waals surface area (Å²) in [5.74, 6) is 0.862. The molecule has 1 aliphatic rings. The molecule has 1 fully saturated rings. The van der Waals surface area contributed by atoms with Gasteiger partial charge in [-0.2, -0.15) is 0 Å². The number of morpholine rings is 1. The van der Waals surface area contributed by atoms with Crippen molar-refractivity contribution in [1.82, 2.24) is 9.97 Å². The standard InChI is InChI=1S/C15H15N3O2/c1-10-8-18(6-7-19-10)15-14-13(16-9-17-15)11-4-2-3-5-12(11)20-14/h2-5,9-10H,6-8H2,1H3. The van der Waals surface area contributed by atoms with Crippen LogP contribution in [0.15, 0.2) is 35.0 Å². The second-order valence-corrected chi connectivity index (χ2v) is 5.10. The second kappa shape index (κ2) is 4.45.